The summed E-state index contributed by atoms with van der Waals surface area (Å²) < 4.78 is 7.28. The molecule has 0 atom stereocenters. The molecule has 3 rings (SSSR count). The van der Waals surface area contributed by atoms with Gasteiger partial charge in [-0.25, -0.2) is 4.68 Å². The van der Waals surface area contributed by atoms with Crippen molar-refractivity contribution in [3.63, 3.8) is 0 Å². The van der Waals surface area contributed by atoms with E-state index in [4.69, 9.17) is 4.74 Å². The van der Waals surface area contributed by atoms with Gasteiger partial charge in [0.25, 0.3) is 5.91 Å². The Labute approximate surface area is 146 Å². The number of nitrogens with zero attached hydrogens (tertiary/aromatic N) is 3. The Kier molecular flexibility index (Phi) is 4.79. The van der Waals surface area contributed by atoms with Crippen LogP contribution in [0.2, 0.25) is 0 Å². The molecule has 2 aromatic heterocycles. The number of nitrogens with one attached hydrogen (secondary N) is 1. The molecule has 25 heavy (non-hydrogen) atoms. The minimum absolute atomic E-state index is 0.0832. The van der Waals surface area contributed by atoms with E-state index in [1.54, 1.807) is 12.3 Å². The SMILES string of the molecule is Cc1ccc(OCC(=O)Nc2c(C)nn(-c3ccccc3)c2C)cn1. The van der Waals surface area contributed by atoms with E-state index in [0.29, 0.717) is 11.4 Å². The Morgan fingerprint density at radius 2 is 1.88 bits per heavy atom. The van der Waals surface area contributed by atoms with Gasteiger partial charge >= 0.3 is 0 Å². The zero-order valence-corrected chi connectivity index (χ0v) is 14.5. The highest BCUT2D eigenvalue weighted by atomic mass is 16.5. The first-order valence-electron chi connectivity index (χ1n) is 8.01. The molecule has 1 aromatic carbocycles. The van der Waals surface area contributed by atoms with Crippen LogP contribution in [0.4, 0.5) is 5.69 Å². The lowest BCUT2D eigenvalue weighted by atomic mass is 10.3. The fourth-order valence-electron chi connectivity index (χ4n) is 2.51. The fourth-order valence-corrected chi connectivity index (χ4v) is 2.51. The van der Waals surface area contributed by atoms with Gasteiger partial charge in [-0.15, -0.1) is 0 Å². The quantitative estimate of drug-likeness (QED) is 0.777. The third-order valence-corrected chi connectivity index (χ3v) is 3.81. The molecule has 2 heterocycles. The summed E-state index contributed by atoms with van der Waals surface area (Å²) in [5, 5.41) is 7.40. The van der Waals surface area contributed by atoms with Crippen LogP contribution in [0.25, 0.3) is 5.69 Å². The first-order chi connectivity index (χ1) is 12.0. The van der Waals surface area contributed by atoms with E-state index in [1.165, 1.54) is 0 Å². The molecule has 0 saturated heterocycles. The standard InChI is InChI=1S/C19H20N4O2/c1-13-9-10-17(11-20-13)25-12-18(24)21-19-14(2)22-23(15(19)3)16-7-5-4-6-8-16/h4-11H,12H2,1-3H3,(H,21,24). The predicted molar refractivity (Wildman–Crippen MR) is 96.1 cm³/mol. The maximum absolute atomic E-state index is 12.2. The Bertz CT molecular complexity index is 870. The normalized spacial score (nSPS) is 10.5. The number of anilines is 1. The van der Waals surface area contributed by atoms with E-state index in [0.717, 1.165) is 22.8 Å². The highest BCUT2D eigenvalue weighted by molar-refractivity contribution is 5.93. The second-order valence-electron chi connectivity index (χ2n) is 5.77. The molecule has 0 bridgehead atoms. The van der Waals surface area contributed by atoms with Crippen LogP contribution in [0.3, 0.4) is 0 Å². The van der Waals surface area contributed by atoms with Gasteiger partial charge in [-0.3, -0.25) is 9.78 Å². The number of amides is 1. The lowest BCUT2D eigenvalue weighted by Gasteiger charge is -2.08. The minimum atomic E-state index is -0.237. The van der Waals surface area contributed by atoms with Crippen molar-refractivity contribution in [3.05, 3.63) is 65.7 Å². The number of benzene rings is 1. The van der Waals surface area contributed by atoms with Crippen molar-refractivity contribution >= 4 is 11.6 Å². The lowest BCUT2D eigenvalue weighted by Crippen LogP contribution is -2.21. The molecule has 0 radical (unpaired) electrons. The molecule has 6 heteroatoms. The van der Waals surface area contributed by atoms with Gasteiger partial charge < -0.3 is 10.1 Å². The monoisotopic (exact) mass is 336 g/mol. The van der Waals surface area contributed by atoms with Crippen LogP contribution < -0.4 is 10.1 Å². The molecule has 6 nitrogen and oxygen atoms in total. The third-order valence-electron chi connectivity index (χ3n) is 3.81. The Hall–Kier alpha value is -3.15. The molecule has 3 aromatic rings. The first kappa shape index (κ1) is 16.7. The molecule has 0 aliphatic rings. The van der Waals surface area contributed by atoms with Gasteiger partial charge in [0.05, 0.1) is 29.0 Å². The van der Waals surface area contributed by atoms with Gasteiger partial charge in [-0.1, -0.05) is 18.2 Å². The van der Waals surface area contributed by atoms with Gasteiger partial charge in [0.2, 0.25) is 0 Å². The number of para-hydroxylation sites is 1. The van der Waals surface area contributed by atoms with Crippen LogP contribution >= 0.6 is 0 Å². The summed E-state index contributed by atoms with van der Waals surface area (Å²) in [6, 6.07) is 13.4. The van der Waals surface area contributed by atoms with Crippen LogP contribution in [0.1, 0.15) is 17.1 Å². The average Bonchev–Trinajstić information content (AvgIpc) is 2.90. The maximum atomic E-state index is 12.2. The van der Waals surface area contributed by atoms with Crippen molar-refractivity contribution in [3.8, 4) is 11.4 Å². The molecule has 128 valence electrons. The highest BCUT2D eigenvalue weighted by Gasteiger charge is 2.15. The summed E-state index contributed by atoms with van der Waals surface area (Å²) in [5.41, 5.74) is 4.18. The number of ether oxygens (including phenoxy) is 1. The molecule has 0 fully saturated rings. The number of carbonyl (C=O) groups is 1. The first-order valence-corrected chi connectivity index (χ1v) is 8.01. The zero-order valence-electron chi connectivity index (χ0n) is 14.5. The van der Waals surface area contributed by atoms with Crippen LogP contribution in [-0.2, 0) is 4.79 Å². The molecule has 0 saturated carbocycles. The van der Waals surface area contributed by atoms with E-state index in [2.05, 4.69) is 15.4 Å². The van der Waals surface area contributed by atoms with Gasteiger partial charge in [0.15, 0.2) is 6.61 Å². The molecule has 1 N–H and O–H groups in total. The van der Waals surface area contributed by atoms with Crippen molar-refractivity contribution in [1.82, 2.24) is 14.8 Å². The fraction of sp³-hybridized carbons (Fsp3) is 0.211. The van der Waals surface area contributed by atoms with Crippen molar-refractivity contribution in [1.29, 1.82) is 0 Å². The Morgan fingerprint density at radius 1 is 1.12 bits per heavy atom. The molecule has 0 unspecified atom stereocenters. The molecular formula is C19H20N4O2. The largest absolute Gasteiger partial charge is 0.482 e. The van der Waals surface area contributed by atoms with Crippen molar-refractivity contribution in [2.45, 2.75) is 20.8 Å². The zero-order chi connectivity index (χ0) is 17.8. The van der Waals surface area contributed by atoms with Crippen molar-refractivity contribution < 1.29 is 9.53 Å². The Morgan fingerprint density at radius 3 is 2.56 bits per heavy atom. The molecule has 0 aliphatic carbocycles. The number of hydrogen-bond acceptors (Lipinski definition) is 4. The topological polar surface area (TPSA) is 69.0 Å². The summed E-state index contributed by atoms with van der Waals surface area (Å²) in [6.45, 7) is 5.60. The van der Waals surface area contributed by atoms with Crippen LogP contribution in [0.15, 0.2) is 48.7 Å². The van der Waals surface area contributed by atoms with E-state index in [-0.39, 0.29) is 12.5 Å². The summed E-state index contributed by atoms with van der Waals surface area (Å²) in [4.78, 5) is 16.3. The van der Waals surface area contributed by atoms with Crippen LogP contribution in [0, 0.1) is 20.8 Å². The van der Waals surface area contributed by atoms with Gasteiger partial charge in [0, 0.05) is 5.69 Å². The van der Waals surface area contributed by atoms with E-state index in [9.17, 15) is 4.79 Å². The molecule has 1 amide bonds. The third kappa shape index (κ3) is 3.85. The number of aromatic nitrogens is 3. The summed E-state index contributed by atoms with van der Waals surface area (Å²) >= 11 is 0. The van der Waals surface area contributed by atoms with Gasteiger partial charge in [-0.05, 0) is 45.0 Å². The van der Waals surface area contributed by atoms with Crippen molar-refractivity contribution in [2.24, 2.45) is 0 Å². The van der Waals surface area contributed by atoms with Crippen LogP contribution in [0.5, 0.6) is 5.75 Å². The van der Waals surface area contributed by atoms with E-state index in [1.807, 2.05) is 61.9 Å². The summed E-state index contributed by atoms with van der Waals surface area (Å²) in [7, 11) is 0. The predicted octanol–water partition coefficient (Wildman–Crippen LogP) is 3.21. The smallest absolute Gasteiger partial charge is 0.262 e. The Balaban J connectivity index is 1.69. The van der Waals surface area contributed by atoms with Gasteiger partial charge in [0.1, 0.15) is 5.75 Å². The number of carbonyl (C=O) groups excluding carboxylic acids is 1. The van der Waals surface area contributed by atoms with Crippen molar-refractivity contribution in [2.75, 3.05) is 11.9 Å². The molecule has 0 aliphatic heterocycles. The number of aryl methyl sites for hydroxylation is 2. The number of hydrogen-bond donors (Lipinski definition) is 1. The number of rotatable bonds is 5. The second-order valence-corrected chi connectivity index (χ2v) is 5.77. The minimum Gasteiger partial charge on any atom is -0.482 e. The van der Waals surface area contributed by atoms with E-state index < -0.39 is 0 Å². The highest BCUT2D eigenvalue weighted by Crippen LogP contribution is 2.22. The van der Waals surface area contributed by atoms with Crippen LogP contribution in [-0.4, -0.2) is 27.3 Å². The average molecular weight is 336 g/mol. The molecule has 0 spiro atoms. The number of pyridine rings is 1. The second kappa shape index (κ2) is 7.17. The summed E-state index contributed by atoms with van der Waals surface area (Å²) in [5.74, 6) is 0.327. The van der Waals surface area contributed by atoms with Gasteiger partial charge in [-0.2, -0.15) is 5.10 Å². The van der Waals surface area contributed by atoms with E-state index >= 15 is 0 Å². The summed E-state index contributed by atoms with van der Waals surface area (Å²) in [6.07, 6.45) is 1.60. The molecular weight excluding hydrogens is 316 g/mol. The lowest BCUT2D eigenvalue weighted by molar-refractivity contribution is -0.118. The maximum Gasteiger partial charge on any atom is 0.262 e.